The third kappa shape index (κ3) is 8.47. The third-order valence-electron chi connectivity index (χ3n) is 5.40. The van der Waals surface area contributed by atoms with Crippen molar-refractivity contribution in [2.75, 3.05) is 23.8 Å². The van der Waals surface area contributed by atoms with E-state index in [-0.39, 0.29) is 13.6 Å². The summed E-state index contributed by atoms with van der Waals surface area (Å²) in [5, 5.41) is 18.3. The molecule has 0 radical (unpaired) electrons. The Morgan fingerprint density at radius 1 is 1.28 bits per heavy atom. The van der Waals surface area contributed by atoms with Crippen molar-refractivity contribution in [3.63, 3.8) is 0 Å². The van der Waals surface area contributed by atoms with Crippen LogP contribution >= 0.6 is 0 Å². The number of rotatable bonds is 7. The number of nitrogens with zero attached hydrogens (tertiary/aromatic N) is 1. The fourth-order valence-electron chi connectivity index (χ4n) is 3.99. The molecule has 6 N–H and O–H groups in total. The monoisotopic (exact) mass is 434 g/mol. The highest BCUT2D eigenvalue weighted by Crippen LogP contribution is 2.44. The Balaban J connectivity index is 0.00000125. The lowest BCUT2D eigenvalue weighted by atomic mass is 9.79. The van der Waals surface area contributed by atoms with E-state index in [2.05, 4.69) is 44.7 Å². The SMILES string of the molecule is Cc1cc2c(cc1N)C(C)CC(C)(C)N2CCCCCC(O)CO.O=S(=O)(O)O.[HH]. The van der Waals surface area contributed by atoms with E-state index in [0.717, 1.165) is 43.5 Å². The Kier molecular flexibility index (Phi) is 9.36. The van der Waals surface area contributed by atoms with Crippen LogP contribution in [0.1, 0.15) is 71.3 Å². The summed E-state index contributed by atoms with van der Waals surface area (Å²) in [5.74, 6) is 0.522. The molecule has 2 unspecified atom stereocenters. The van der Waals surface area contributed by atoms with E-state index in [1.165, 1.54) is 11.3 Å². The van der Waals surface area contributed by atoms with Crippen molar-refractivity contribution < 1.29 is 29.2 Å². The van der Waals surface area contributed by atoms with Gasteiger partial charge in [0.2, 0.25) is 0 Å². The Hall–Kier alpha value is -1.39. The fraction of sp³-hybridized carbons (Fsp3) is 0.700. The highest BCUT2D eigenvalue weighted by molar-refractivity contribution is 7.79. The largest absolute Gasteiger partial charge is 0.399 e. The molecule has 1 aliphatic rings. The van der Waals surface area contributed by atoms with Crippen LogP contribution in [-0.2, 0) is 10.4 Å². The standard InChI is InChI=1S/C20H34N2O2.H2O4S.H2/c1-14-10-19-17(11-18(14)21)15(2)12-20(3,4)22(19)9-7-5-6-8-16(24)13-23;1-5(2,3)4;/h10-11,15-16,23-24H,5-9,12-13,21H2,1-4H3;(H2,1,2,3,4);1H. The number of unbranched alkanes of at least 4 members (excludes halogenated alkanes) is 2. The van der Waals surface area contributed by atoms with Crippen molar-refractivity contribution in [1.82, 2.24) is 0 Å². The molecule has 8 nitrogen and oxygen atoms in total. The van der Waals surface area contributed by atoms with Crippen LogP contribution < -0.4 is 10.6 Å². The highest BCUT2D eigenvalue weighted by atomic mass is 32.3. The minimum absolute atomic E-state index is 0. The number of hydrogen-bond donors (Lipinski definition) is 5. The van der Waals surface area contributed by atoms with E-state index in [9.17, 15) is 5.11 Å². The third-order valence-corrected chi connectivity index (χ3v) is 5.40. The normalized spacial score (nSPS) is 19.2. The summed E-state index contributed by atoms with van der Waals surface area (Å²) in [7, 11) is -4.67. The Labute approximate surface area is 175 Å². The highest BCUT2D eigenvalue weighted by Gasteiger charge is 2.36. The van der Waals surface area contributed by atoms with Gasteiger partial charge in [-0.05, 0) is 69.2 Å². The van der Waals surface area contributed by atoms with Gasteiger partial charge in [-0.15, -0.1) is 0 Å². The lowest BCUT2D eigenvalue weighted by Gasteiger charge is -2.48. The van der Waals surface area contributed by atoms with Crippen molar-refractivity contribution in [2.24, 2.45) is 0 Å². The number of anilines is 2. The summed E-state index contributed by atoms with van der Waals surface area (Å²) in [4.78, 5) is 2.54. The van der Waals surface area contributed by atoms with Crippen LogP contribution in [0.3, 0.4) is 0 Å². The molecule has 0 aromatic heterocycles. The lowest BCUT2D eigenvalue weighted by molar-refractivity contribution is 0.0860. The molecule has 0 saturated heterocycles. The number of nitrogens with two attached hydrogens (primary N) is 1. The molecule has 0 aliphatic carbocycles. The first kappa shape index (κ1) is 25.6. The van der Waals surface area contributed by atoms with Crippen LogP contribution in [0, 0.1) is 6.92 Å². The number of nitrogen functional groups attached to an aromatic ring is 1. The Bertz CT molecular complexity index is 765. The lowest BCUT2D eigenvalue weighted by Crippen LogP contribution is -2.48. The van der Waals surface area contributed by atoms with Crippen molar-refractivity contribution in [3.8, 4) is 0 Å². The van der Waals surface area contributed by atoms with E-state index in [4.69, 9.17) is 28.4 Å². The van der Waals surface area contributed by atoms with E-state index in [0.29, 0.717) is 12.3 Å². The summed E-state index contributed by atoms with van der Waals surface area (Å²) in [6.45, 7) is 9.91. The smallest absolute Gasteiger partial charge is 0.394 e. The van der Waals surface area contributed by atoms with E-state index in [1.807, 2.05) is 0 Å². The maximum absolute atomic E-state index is 9.43. The molecule has 170 valence electrons. The minimum atomic E-state index is -4.67. The average Bonchev–Trinajstić information content (AvgIpc) is 2.56. The zero-order valence-corrected chi connectivity index (χ0v) is 18.6. The van der Waals surface area contributed by atoms with E-state index < -0.39 is 16.5 Å². The molecule has 2 rings (SSSR count). The number of aryl methyl sites for hydroxylation is 1. The van der Waals surface area contributed by atoms with Gasteiger partial charge in [0, 0.05) is 24.9 Å². The van der Waals surface area contributed by atoms with Gasteiger partial charge < -0.3 is 20.8 Å². The molecule has 1 aromatic rings. The molecule has 0 amide bonds. The number of fused-ring (bicyclic) bond motifs is 1. The maximum Gasteiger partial charge on any atom is 0.394 e. The molecule has 29 heavy (non-hydrogen) atoms. The molecule has 9 heteroatoms. The number of hydrogen-bond acceptors (Lipinski definition) is 6. The van der Waals surface area contributed by atoms with Crippen LogP contribution in [0.25, 0.3) is 0 Å². The second kappa shape index (κ2) is 10.6. The zero-order valence-electron chi connectivity index (χ0n) is 17.8. The van der Waals surface area contributed by atoms with Gasteiger partial charge in [-0.25, -0.2) is 0 Å². The minimum Gasteiger partial charge on any atom is -0.399 e. The molecular formula is C20H38N2O6S. The Morgan fingerprint density at radius 3 is 2.41 bits per heavy atom. The topological polar surface area (TPSA) is 144 Å². The first-order valence-electron chi connectivity index (χ1n) is 9.92. The predicted octanol–water partition coefficient (Wildman–Crippen LogP) is 3.18. The molecule has 0 saturated carbocycles. The molecule has 0 fully saturated rings. The number of aliphatic hydroxyl groups is 2. The fourth-order valence-corrected chi connectivity index (χ4v) is 3.99. The van der Waals surface area contributed by atoms with Crippen molar-refractivity contribution in [2.45, 2.75) is 77.4 Å². The first-order chi connectivity index (χ1) is 13.3. The summed E-state index contributed by atoms with van der Waals surface area (Å²) in [6.07, 6.45) is 4.37. The van der Waals surface area contributed by atoms with Gasteiger partial charge >= 0.3 is 10.4 Å². The molecule has 0 bridgehead atoms. The summed E-state index contributed by atoms with van der Waals surface area (Å²) >= 11 is 0. The molecule has 1 heterocycles. The van der Waals surface area contributed by atoms with Gasteiger partial charge in [-0.2, -0.15) is 8.42 Å². The van der Waals surface area contributed by atoms with Crippen LogP contribution in [0.5, 0.6) is 0 Å². The molecule has 2 atom stereocenters. The zero-order chi connectivity index (χ0) is 22.4. The summed E-state index contributed by atoms with van der Waals surface area (Å²) < 4.78 is 31.6. The quantitative estimate of drug-likeness (QED) is 0.250. The molecule has 0 spiro atoms. The van der Waals surface area contributed by atoms with Gasteiger partial charge in [-0.3, -0.25) is 9.11 Å². The predicted molar refractivity (Wildman–Crippen MR) is 118 cm³/mol. The summed E-state index contributed by atoms with van der Waals surface area (Å²) in [6, 6.07) is 4.41. The first-order valence-corrected chi connectivity index (χ1v) is 11.3. The van der Waals surface area contributed by atoms with Gasteiger partial charge in [-0.1, -0.05) is 19.8 Å². The van der Waals surface area contributed by atoms with E-state index in [1.54, 1.807) is 0 Å². The summed E-state index contributed by atoms with van der Waals surface area (Å²) in [5.41, 5.74) is 11.0. The van der Waals surface area contributed by atoms with Crippen molar-refractivity contribution in [1.29, 1.82) is 0 Å². The van der Waals surface area contributed by atoms with Crippen LogP contribution in [0.15, 0.2) is 12.1 Å². The van der Waals surface area contributed by atoms with Crippen molar-refractivity contribution in [3.05, 3.63) is 23.3 Å². The second-order valence-electron chi connectivity index (χ2n) is 8.47. The van der Waals surface area contributed by atoms with Gasteiger partial charge in [0.15, 0.2) is 0 Å². The number of aliphatic hydroxyl groups excluding tert-OH is 2. The van der Waals surface area contributed by atoms with Gasteiger partial charge in [0.1, 0.15) is 0 Å². The number of benzene rings is 1. The van der Waals surface area contributed by atoms with Crippen LogP contribution in [-0.4, -0.2) is 52.5 Å². The van der Waals surface area contributed by atoms with Crippen molar-refractivity contribution >= 4 is 21.8 Å². The van der Waals surface area contributed by atoms with Gasteiger partial charge in [0.05, 0.1) is 12.7 Å². The maximum atomic E-state index is 9.43. The van der Waals surface area contributed by atoms with Crippen LogP contribution in [0.4, 0.5) is 11.4 Å². The molecule has 1 aliphatic heterocycles. The van der Waals surface area contributed by atoms with E-state index >= 15 is 0 Å². The molecule has 1 aromatic carbocycles. The average molecular weight is 435 g/mol. The Morgan fingerprint density at radius 2 is 1.86 bits per heavy atom. The molecular weight excluding hydrogens is 396 g/mol. The van der Waals surface area contributed by atoms with Crippen LogP contribution in [0.2, 0.25) is 0 Å². The second-order valence-corrected chi connectivity index (χ2v) is 9.37. The van der Waals surface area contributed by atoms with Gasteiger partial charge in [0.25, 0.3) is 0 Å².